The molecule has 21 heavy (non-hydrogen) atoms. The highest BCUT2D eigenvalue weighted by atomic mass is 16.6. The van der Waals surface area contributed by atoms with Gasteiger partial charge in [0.15, 0.2) is 0 Å². The topological polar surface area (TPSA) is 70.2 Å². The standard InChI is InChI=1S/C15H19N3O3/c1-15(2,3)14(10-17-9-8-16-11-17)21-13-6-4-12(5-7-13)18(19)20/h4-9,11,14H,10H2,1-3H3. The minimum Gasteiger partial charge on any atom is -0.488 e. The smallest absolute Gasteiger partial charge is 0.269 e. The summed E-state index contributed by atoms with van der Waals surface area (Å²) in [6.07, 6.45) is 5.29. The average molecular weight is 289 g/mol. The van der Waals surface area contributed by atoms with E-state index in [-0.39, 0.29) is 17.2 Å². The van der Waals surface area contributed by atoms with Gasteiger partial charge < -0.3 is 9.30 Å². The lowest BCUT2D eigenvalue weighted by Crippen LogP contribution is -2.35. The second-order valence-corrected chi connectivity index (χ2v) is 5.98. The zero-order valence-electron chi connectivity index (χ0n) is 12.4. The molecule has 0 N–H and O–H groups in total. The molecule has 0 aliphatic rings. The Morgan fingerprint density at radius 1 is 1.33 bits per heavy atom. The van der Waals surface area contributed by atoms with Crippen molar-refractivity contribution in [2.45, 2.75) is 33.4 Å². The number of benzene rings is 1. The van der Waals surface area contributed by atoms with Gasteiger partial charge in [-0.2, -0.15) is 0 Å². The Balaban J connectivity index is 2.13. The van der Waals surface area contributed by atoms with Gasteiger partial charge in [-0.1, -0.05) is 20.8 Å². The van der Waals surface area contributed by atoms with Crippen LogP contribution in [0.25, 0.3) is 0 Å². The number of non-ortho nitro benzene ring substituents is 1. The van der Waals surface area contributed by atoms with E-state index in [1.165, 1.54) is 12.1 Å². The monoisotopic (exact) mass is 289 g/mol. The van der Waals surface area contributed by atoms with E-state index in [2.05, 4.69) is 25.8 Å². The number of hydrogen-bond acceptors (Lipinski definition) is 4. The fraction of sp³-hybridized carbons (Fsp3) is 0.400. The lowest BCUT2D eigenvalue weighted by Gasteiger charge is -2.31. The van der Waals surface area contributed by atoms with Crippen LogP contribution in [-0.2, 0) is 6.54 Å². The first-order chi connectivity index (χ1) is 9.86. The Morgan fingerprint density at radius 2 is 2.00 bits per heavy atom. The molecule has 0 radical (unpaired) electrons. The van der Waals surface area contributed by atoms with E-state index in [0.29, 0.717) is 12.3 Å². The van der Waals surface area contributed by atoms with E-state index in [0.717, 1.165) is 0 Å². The highest BCUT2D eigenvalue weighted by molar-refractivity contribution is 5.36. The summed E-state index contributed by atoms with van der Waals surface area (Å²) in [6.45, 7) is 6.96. The molecule has 1 aromatic carbocycles. The molecule has 0 saturated carbocycles. The number of hydrogen-bond donors (Lipinski definition) is 0. The number of nitro benzene ring substituents is 1. The summed E-state index contributed by atoms with van der Waals surface area (Å²) in [6, 6.07) is 6.16. The third-order valence-corrected chi connectivity index (χ3v) is 3.23. The number of aromatic nitrogens is 2. The Labute approximate surface area is 123 Å². The third kappa shape index (κ3) is 4.05. The van der Waals surface area contributed by atoms with Crippen LogP contribution in [0, 0.1) is 15.5 Å². The molecule has 1 unspecified atom stereocenters. The predicted molar refractivity (Wildman–Crippen MR) is 79.2 cm³/mol. The molecule has 6 nitrogen and oxygen atoms in total. The summed E-state index contributed by atoms with van der Waals surface area (Å²) < 4.78 is 7.98. The van der Waals surface area contributed by atoms with Gasteiger partial charge in [0, 0.05) is 29.9 Å². The summed E-state index contributed by atoms with van der Waals surface area (Å²) in [7, 11) is 0. The van der Waals surface area contributed by atoms with Crippen molar-refractivity contribution in [3.8, 4) is 5.75 Å². The van der Waals surface area contributed by atoms with Crippen molar-refractivity contribution in [1.29, 1.82) is 0 Å². The molecule has 1 atom stereocenters. The van der Waals surface area contributed by atoms with Crippen molar-refractivity contribution in [2.24, 2.45) is 5.41 Å². The van der Waals surface area contributed by atoms with Gasteiger partial charge in [0.05, 0.1) is 17.8 Å². The van der Waals surface area contributed by atoms with Crippen molar-refractivity contribution in [3.63, 3.8) is 0 Å². The van der Waals surface area contributed by atoms with Crippen LogP contribution in [0.1, 0.15) is 20.8 Å². The van der Waals surface area contributed by atoms with E-state index >= 15 is 0 Å². The van der Waals surface area contributed by atoms with Crippen molar-refractivity contribution < 1.29 is 9.66 Å². The van der Waals surface area contributed by atoms with Gasteiger partial charge in [-0.05, 0) is 12.1 Å². The molecule has 2 aromatic rings. The maximum absolute atomic E-state index is 10.7. The number of imidazole rings is 1. The molecule has 0 amide bonds. The van der Waals surface area contributed by atoms with Gasteiger partial charge in [0.2, 0.25) is 0 Å². The van der Waals surface area contributed by atoms with Crippen molar-refractivity contribution in [1.82, 2.24) is 9.55 Å². The SMILES string of the molecule is CC(C)(C)C(Cn1ccnc1)Oc1ccc([N+](=O)[O-])cc1. The molecular weight excluding hydrogens is 270 g/mol. The molecule has 0 fully saturated rings. The first kappa shape index (κ1) is 15.0. The van der Waals surface area contributed by atoms with E-state index < -0.39 is 4.92 Å². The highest BCUT2D eigenvalue weighted by Crippen LogP contribution is 2.27. The zero-order valence-corrected chi connectivity index (χ0v) is 12.4. The molecule has 0 bridgehead atoms. The minimum atomic E-state index is -0.420. The summed E-state index contributed by atoms with van der Waals surface area (Å²) in [5.41, 5.74) is -0.0178. The second-order valence-electron chi connectivity index (χ2n) is 5.98. The molecule has 0 saturated heterocycles. The van der Waals surface area contributed by atoms with Crippen molar-refractivity contribution in [2.75, 3.05) is 0 Å². The van der Waals surface area contributed by atoms with Crippen LogP contribution in [0.5, 0.6) is 5.75 Å². The van der Waals surface area contributed by atoms with Gasteiger partial charge >= 0.3 is 0 Å². The Kier molecular flexibility index (Phi) is 4.26. The molecule has 112 valence electrons. The average Bonchev–Trinajstić information content (AvgIpc) is 2.90. The molecule has 1 heterocycles. The fourth-order valence-corrected chi connectivity index (χ4v) is 1.88. The van der Waals surface area contributed by atoms with Crippen LogP contribution >= 0.6 is 0 Å². The van der Waals surface area contributed by atoms with Crippen LogP contribution in [-0.4, -0.2) is 20.6 Å². The van der Waals surface area contributed by atoms with E-state index in [9.17, 15) is 10.1 Å². The predicted octanol–water partition coefficient (Wildman–Crippen LogP) is 3.29. The Hall–Kier alpha value is -2.37. The zero-order chi connectivity index (χ0) is 15.5. The van der Waals surface area contributed by atoms with Crippen molar-refractivity contribution in [3.05, 3.63) is 53.1 Å². The Bertz CT molecular complexity index is 586. The first-order valence-corrected chi connectivity index (χ1v) is 6.73. The van der Waals surface area contributed by atoms with E-state index in [4.69, 9.17) is 4.74 Å². The lowest BCUT2D eigenvalue weighted by molar-refractivity contribution is -0.384. The lowest BCUT2D eigenvalue weighted by atomic mass is 9.89. The van der Waals surface area contributed by atoms with Gasteiger partial charge in [-0.3, -0.25) is 10.1 Å². The largest absolute Gasteiger partial charge is 0.488 e. The molecular formula is C15H19N3O3. The van der Waals surface area contributed by atoms with Gasteiger partial charge in [0.25, 0.3) is 5.69 Å². The first-order valence-electron chi connectivity index (χ1n) is 6.73. The maximum Gasteiger partial charge on any atom is 0.269 e. The maximum atomic E-state index is 10.7. The van der Waals surface area contributed by atoms with Crippen LogP contribution in [0.15, 0.2) is 43.0 Å². The normalized spacial score (nSPS) is 12.9. The summed E-state index contributed by atoms with van der Waals surface area (Å²) in [5.74, 6) is 0.626. The van der Waals surface area contributed by atoms with Gasteiger partial charge in [-0.15, -0.1) is 0 Å². The second kappa shape index (κ2) is 5.95. The van der Waals surface area contributed by atoms with Crippen LogP contribution in [0.3, 0.4) is 0 Å². The molecule has 1 aromatic heterocycles. The summed E-state index contributed by atoms with van der Waals surface area (Å²) >= 11 is 0. The number of nitro groups is 1. The molecule has 6 heteroatoms. The van der Waals surface area contributed by atoms with E-state index in [1.54, 1.807) is 24.7 Å². The van der Waals surface area contributed by atoms with Crippen LogP contribution < -0.4 is 4.74 Å². The summed E-state index contributed by atoms with van der Waals surface area (Å²) in [4.78, 5) is 14.3. The van der Waals surface area contributed by atoms with Gasteiger partial charge in [-0.25, -0.2) is 4.98 Å². The third-order valence-electron chi connectivity index (χ3n) is 3.23. The van der Waals surface area contributed by atoms with Crippen LogP contribution in [0.4, 0.5) is 5.69 Å². The highest BCUT2D eigenvalue weighted by Gasteiger charge is 2.27. The van der Waals surface area contributed by atoms with Gasteiger partial charge in [0.1, 0.15) is 11.9 Å². The number of nitrogens with zero attached hydrogens (tertiary/aromatic N) is 3. The molecule has 0 aliphatic carbocycles. The van der Waals surface area contributed by atoms with Crippen molar-refractivity contribution >= 4 is 5.69 Å². The number of ether oxygens (including phenoxy) is 1. The molecule has 0 aliphatic heterocycles. The molecule has 0 spiro atoms. The number of rotatable bonds is 5. The minimum absolute atomic E-state index is 0.0595. The Morgan fingerprint density at radius 3 is 2.48 bits per heavy atom. The molecule has 2 rings (SSSR count). The quantitative estimate of drug-likeness (QED) is 0.625. The summed E-state index contributed by atoms with van der Waals surface area (Å²) in [5, 5.41) is 10.7. The van der Waals surface area contributed by atoms with E-state index in [1.807, 2.05) is 10.8 Å². The van der Waals surface area contributed by atoms with Crippen LogP contribution in [0.2, 0.25) is 0 Å². The fourth-order valence-electron chi connectivity index (χ4n) is 1.88.